The highest BCUT2D eigenvalue weighted by Gasteiger charge is 2.76. The van der Waals surface area contributed by atoms with Crippen LogP contribution < -0.4 is 15.4 Å². The molecule has 2 bridgehead atoms. The quantitative estimate of drug-likeness (QED) is 0.460. The van der Waals surface area contributed by atoms with Crippen molar-refractivity contribution in [3.8, 4) is 5.75 Å². The topological polar surface area (TPSA) is 97.0 Å². The average Bonchev–Trinajstić information content (AvgIpc) is 3.56. The van der Waals surface area contributed by atoms with E-state index < -0.39 is 29.1 Å². The summed E-state index contributed by atoms with van der Waals surface area (Å²) in [6.07, 6.45) is 9.61. The molecule has 3 amide bonds. The molecule has 1 saturated carbocycles. The van der Waals surface area contributed by atoms with Gasteiger partial charge in [0.15, 0.2) is 0 Å². The Morgan fingerprint density at radius 3 is 2.41 bits per heavy atom. The highest BCUT2D eigenvalue weighted by molar-refractivity contribution is 6.00. The van der Waals surface area contributed by atoms with Gasteiger partial charge in [-0.1, -0.05) is 73.9 Å². The summed E-state index contributed by atoms with van der Waals surface area (Å²) in [6.45, 7) is 2.54. The highest BCUT2D eigenvalue weighted by Crippen LogP contribution is 2.59. The van der Waals surface area contributed by atoms with Crippen molar-refractivity contribution in [2.75, 3.05) is 13.7 Å². The zero-order chi connectivity index (χ0) is 28.6. The van der Waals surface area contributed by atoms with Crippen LogP contribution in [0.2, 0.25) is 0 Å². The van der Waals surface area contributed by atoms with Crippen molar-refractivity contribution < 1.29 is 23.9 Å². The van der Waals surface area contributed by atoms with Gasteiger partial charge in [-0.25, -0.2) is 0 Å². The molecule has 5 atom stereocenters. The van der Waals surface area contributed by atoms with E-state index in [2.05, 4.69) is 10.6 Å². The number of fused-ring (bicyclic) bond motifs is 1. The van der Waals surface area contributed by atoms with E-state index >= 15 is 0 Å². The van der Waals surface area contributed by atoms with Crippen molar-refractivity contribution in [3.05, 3.63) is 77.9 Å². The Morgan fingerprint density at radius 1 is 0.976 bits per heavy atom. The predicted molar refractivity (Wildman–Crippen MR) is 154 cm³/mol. The van der Waals surface area contributed by atoms with Crippen molar-refractivity contribution in [3.63, 3.8) is 0 Å². The minimum Gasteiger partial charge on any atom is -0.497 e. The first-order valence-electron chi connectivity index (χ1n) is 14.8. The van der Waals surface area contributed by atoms with Crippen LogP contribution in [0.4, 0.5) is 0 Å². The zero-order valence-electron chi connectivity index (χ0n) is 23.8. The number of benzene rings is 2. The Morgan fingerprint density at radius 2 is 1.71 bits per heavy atom. The van der Waals surface area contributed by atoms with Crippen LogP contribution in [0.25, 0.3) is 0 Å². The lowest BCUT2D eigenvalue weighted by Crippen LogP contribution is -2.55. The fourth-order valence-corrected chi connectivity index (χ4v) is 7.33. The molecule has 0 aromatic heterocycles. The van der Waals surface area contributed by atoms with Gasteiger partial charge in [0.05, 0.1) is 24.5 Å². The second-order valence-corrected chi connectivity index (χ2v) is 12.0. The SMILES string of the molecule is COc1ccc(CCN2C(=O)C3C(C(=O)NC4CCCCC4)C4(C)C=CC3(O4)C2C(=O)NCc2ccccc2)cc1. The van der Waals surface area contributed by atoms with Crippen molar-refractivity contribution >= 4 is 17.7 Å². The van der Waals surface area contributed by atoms with E-state index in [0.717, 1.165) is 42.6 Å². The van der Waals surface area contributed by atoms with Crippen LogP contribution in [0.15, 0.2) is 66.7 Å². The summed E-state index contributed by atoms with van der Waals surface area (Å²) in [5, 5.41) is 6.29. The van der Waals surface area contributed by atoms with Crippen molar-refractivity contribution in [2.24, 2.45) is 11.8 Å². The fourth-order valence-electron chi connectivity index (χ4n) is 7.33. The molecule has 41 heavy (non-hydrogen) atoms. The van der Waals surface area contributed by atoms with Gasteiger partial charge in [-0.15, -0.1) is 0 Å². The normalized spacial score (nSPS) is 30.3. The molecule has 216 valence electrons. The molecule has 5 unspecified atom stereocenters. The zero-order valence-corrected chi connectivity index (χ0v) is 23.8. The molecular formula is C33H39N3O5. The van der Waals surface area contributed by atoms with Gasteiger partial charge < -0.3 is 25.0 Å². The van der Waals surface area contributed by atoms with Crippen LogP contribution in [0.1, 0.15) is 50.2 Å². The summed E-state index contributed by atoms with van der Waals surface area (Å²) in [7, 11) is 1.62. The van der Waals surface area contributed by atoms with E-state index in [1.807, 2.05) is 73.7 Å². The van der Waals surface area contributed by atoms with Gasteiger partial charge >= 0.3 is 0 Å². The molecule has 2 aromatic carbocycles. The monoisotopic (exact) mass is 557 g/mol. The molecule has 4 aliphatic rings. The number of likely N-dealkylation sites (tertiary alicyclic amines) is 1. The summed E-state index contributed by atoms with van der Waals surface area (Å²) in [5.41, 5.74) is -0.149. The molecule has 2 saturated heterocycles. The Bertz CT molecular complexity index is 1320. The Labute approximate surface area is 241 Å². The van der Waals surface area contributed by atoms with Crippen molar-refractivity contribution in [1.29, 1.82) is 0 Å². The lowest BCUT2D eigenvalue weighted by molar-refractivity contribution is -0.145. The first-order chi connectivity index (χ1) is 19.8. The molecule has 2 aromatic rings. The van der Waals surface area contributed by atoms with Gasteiger partial charge in [0.2, 0.25) is 17.7 Å². The van der Waals surface area contributed by atoms with Gasteiger partial charge in [0.1, 0.15) is 17.4 Å². The molecule has 3 fully saturated rings. The predicted octanol–water partition coefficient (Wildman–Crippen LogP) is 3.54. The molecular weight excluding hydrogens is 518 g/mol. The number of ether oxygens (including phenoxy) is 2. The van der Waals surface area contributed by atoms with Crippen LogP contribution in [0.3, 0.4) is 0 Å². The summed E-state index contributed by atoms with van der Waals surface area (Å²) in [4.78, 5) is 43.7. The number of carbonyl (C=O) groups excluding carboxylic acids is 3. The number of hydrogen-bond donors (Lipinski definition) is 2. The van der Waals surface area contributed by atoms with Crippen LogP contribution in [0, 0.1) is 11.8 Å². The van der Waals surface area contributed by atoms with Crippen LogP contribution in [0.5, 0.6) is 5.75 Å². The molecule has 6 rings (SSSR count). The van der Waals surface area contributed by atoms with E-state index in [1.165, 1.54) is 6.42 Å². The first-order valence-corrected chi connectivity index (χ1v) is 14.8. The summed E-state index contributed by atoms with van der Waals surface area (Å²) in [5.74, 6) is -1.32. The second-order valence-electron chi connectivity index (χ2n) is 12.0. The Balaban J connectivity index is 1.28. The van der Waals surface area contributed by atoms with E-state index in [1.54, 1.807) is 12.0 Å². The molecule has 1 aliphatic carbocycles. The Kier molecular flexibility index (Phi) is 7.36. The molecule has 1 spiro atoms. The highest BCUT2D eigenvalue weighted by atomic mass is 16.5. The second kappa shape index (κ2) is 11.0. The van der Waals surface area contributed by atoms with Crippen LogP contribution in [-0.4, -0.2) is 59.6 Å². The smallest absolute Gasteiger partial charge is 0.246 e. The van der Waals surface area contributed by atoms with Gasteiger partial charge in [-0.3, -0.25) is 14.4 Å². The molecule has 3 heterocycles. The third-order valence-electron chi connectivity index (χ3n) is 9.39. The Hall–Kier alpha value is -3.65. The molecule has 0 radical (unpaired) electrons. The first kappa shape index (κ1) is 27.5. The number of carbonyl (C=O) groups is 3. The molecule has 8 heteroatoms. The van der Waals surface area contributed by atoms with Crippen LogP contribution >= 0.6 is 0 Å². The lowest BCUT2D eigenvalue weighted by atomic mass is 9.70. The number of rotatable bonds is 9. The number of amides is 3. The molecule has 2 N–H and O–H groups in total. The number of nitrogens with one attached hydrogen (secondary N) is 2. The number of methoxy groups -OCH3 is 1. The molecule has 8 nitrogen and oxygen atoms in total. The lowest BCUT2D eigenvalue weighted by Gasteiger charge is -2.33. The maximum atomic E-state index is 14.3. The summed E-state index contributed by atoms with van der Waals surface area (Å²) < 4.78 is 11.9. The van der Waals surface area contributed by atoms with Crippen molar-refractivity contribution in [1.82, 2.24) is 15.5 Å². The average molecular weight is 558 g/mol. The molecule has 3 aliphatic heterocycles. The number of hydrogen-bond acceptors (Lipinski definition) is 5. The minimum absolute atomic E-state index is 0.117. The van der Waals surface area contributed by atoms with Crippen molar-refractivity contribution in [2.45, 2.75) is 75.3 Å². The maximum Gasteiger partial charge on any atom is 0.246 e. The van der Waals surface area contributed by atoms with Gasteiger partial charge in [-0.05, 0) is 49.4 Å². The van der Waals surface area contributed by atoms with E-state index in [0.29, 0.717) is 19.5 Å². The standard InChI is InChI=1S/C33H39N3O5/c1-32-18-19-33(41-32)27(26(32)29(37)35-24-11-7-4-8-12-24)31(39)36(20-17-22-13-15-25(40-2)16-14-22)28(33)30(38)34-21-23-9-5-3-6-10-23/h3,5-6,9-10,13-16,18-19,24,26-28H,4,7-8,11-12,17,20-21H2,1-2H3,(H,34,38)(H,35,37). The van der Waals surface area contributed by atoms with Crippen LogP contribution in [-0.2, 0) is 32.1 Å². The van der Waals surface area contributed by atoms with Gasteiger partial charge in [0.25, 0.3) is 0 Å². The summed E-state index contributed by atoms with van der Waals surface area (Å²) in [6, 6.07) is 16.6. The van der Waals surface area contributed by atoms with E-state index in [-0.39, 0.29) is 23.8 Å². The van der Waals surface area contributed by atoms with Gasteiger partial charge in [-0.2, -0.15) is 0 Å². The van der Waals surface area contributed by atoms with E-state index in [9.17, 15) is 14.4 Å². The minimum atomic E-state index is -1.19. The third-order valence-corrected chi connectivity index (χ3v) is 9.39. The largest absolute Gasteiger partial charge is 0.497 e. The van der Waals surface area contributed by atoms with E-state index in [4.69, 9.17) is 9.47 Å². The summed E-state index contributed by atoms with van der Waals surface area (Å²) >= 11 is 0. The fraction of sp³-hybridized carbons (Fsp3) is 0.485. The maximum absolute atomic E-state index is 14.3. The number of nitrogens with zero attached hydrogens (tertiary/aromatic N) is 1. The van der Waals surface area contributed by atoms with Gasteiger partial charge in [0, 0.05) is 19.1 Å². The third kappa shape index (κ3) is 4.92.